The summed E-state index contributed by atoms with van der Waals surface area (Å²) >= 11 is 0. The summed E-state index contributed by atoms with van der Waals surface area (Å²) in [5.41, 5.74) is 0. The molecular weight excluding hydrogens is 182 g/mol. The van der Waals surface area contributed by atoms with Crippen molar-refractivity contribution in [1.82, 2.24) is 5.32 Å². The maximum Gasteiger partial charge on any atom is 0.00723 e. The summed E-state index contributed by atoms with van der Waals surface area (Å²) in [6.45, 7) is 8.13. The molecule has 90 valence electrons. The van der Waals surface area contributed by atoms with E-state index in [0.717, 1.165) is 17.9 Å². The van der Waals surface area contributed by atoms with Crippen LogP contribution in [0.5, 0.6) is 0 Å². The molecule has 0 radical (unpaired) electrons. The van der Waals surface area contributed by atoms with Crippen molar-refractivity contribution >= 4 is 0 Å². The lowest BCUT2D eigenvalue weighted by atomic mass is 9.76. The highest BCUT2D eigenvalue weighted by Gasteiger charge is 2.28. The second kappa shape index (κ2) is 7.27. The summed E-state index contributed by atoms with van der Waals surface area (Å²) in [6, 6.07) is 0.858. The van der Waals surface area contributed by atoms with Crippen LogP contribution in [0.4, 0.5) is 0 Å². The highest BCUT2D eigenvalue weighted by atomic mass is 14.9. The second-order valence-corrected chi connectivity index (χ2v) is 5.25. The van der Waals surface area contributed by atoms with E-state index in [4.69, 9.17) is 0 Å². The molecule has 15 heavy (non-hydrogen) atoms. The summed E-state index contributed by atoms with van der Waals surface area (Å²) in [4.78, 5) is 0. The van der Waals surface area contributed by atoms with E-state index in [0.29, 0.717) is 0 Å². The molecule has 0 aromatic heterocycles. The van der Waals surface area contributed by atoms with E-state index in [-0.39, 0.29) is 0 Å². The molecule has 1 N–H and O–H groups in total. The van der Waals surface area contributed by atoms with Crippen LogP contribution >= 0.6 is 0 Å². The van der Waals surface area contributed by atoms with Crippen molar-refractivity contribution < 1.29 is 0 Å². The molecule has 0 atom stereocenters. The summed E-state index contributed by atoms with van der Waals surface area (Å²) in [5, 5.41) is 3.61. The molecule has 1 rings (SSSR count). The molecule has 0 aromatic rings. The molecule has 0 unspecified atom stereocenters. The zero-order valence-corrected chi connectivity index (χ0v) is 10.9. The number of hydrogen-bond acceptors (Lipinski definition) is 1. The van der Waals surface area contributed by atoms with Gasteiger partial charge in [-0.15, -0.1) is 0 Å². The summed E-state index contributed by atoms with van der Waals surface area (Å²) < 4.78 is 0. The molecular formula is C14H29N. The van der Waals surface area contributed by atoms with Gasteiger partial charge in [0.25, 0.3) is 0 Å². The lowest BCUT2D eigenvalue weighted by Crippen LogP contribution is -2.41. The molecule has 0 saturated heterocycles. The minimum absolute atomic E-state index is 0.858. The Labute approximate surface area is 96.0 Å². The first-order chi connectivity index (χ1) is 7.30. The van der Waals surface area contributed by atoms with Crippen molar-refractivity contribution in [2.75, 3.05) is 6.54 Å². The summed E-state index contributed by atoms with van der Waals surface area (Å²) in [6.07, 6.45) is 9.87. The van der Waals surface area contributed by atoms with Gasteiger partial charge in [0.15, 0.2) is 0 Å². The average Bonchev–Trinajstić information content (AvgIpc) is 2.20. The fraction of sp³-hybridized carbons (Fsp3) is 1.00. The maximum absolute atomic E-state index is 3.61. The van der Waals surface area contributed by atoms with Crippen molar-refractivity contribution in [3.8, 4) is 0 Å². The quantitative estimate of drug-likeness (QED) is 0.640. The van der Waals surface area contributed by atoms with Gasteiger partial charge >= 0.3 is 0 Å². The van der Waals surface area contributed by atoms with Crippen LogP contribution < -0.4 is 5.32 Å². The average molecular weight is 211 g/mol. The Hall–Kier alpha value is -0.0400. The maximum atomic E-state index is 3.61. The second-order valence-electron chi connectivity index (χ2n) is 5.25. The smallest absolute Gasteiger partial charge is 0.00723 e. The third-order valence-corrected chi connectivity index (χ3v) is 4.06. The normalized spacial score (nSPS) is 25.6. The van der Waals surface area contributed by atoms with Crippen LogP contribution in [0.15, 0.2) is 0 Å². The van der Waals surface area contributed by atoms with Crippen LogP contribution in [-0.4, -0.2) is 12.6 Å². The topological polar surface area (TPSA) is 12.0 Å². The zero-order valence-electron chi connectivity index (χ0n) is 10.9. The van der Waals surface area contributed by atoms with Gasteiger partial charge in [-0.3, -0.25) is 0 Å². The zero-order chi connectivity index (χ0) is 11.1. The van der Waals surface area contributed by atoms with Gasteiger partial charge < -0.3 is 5.32 Å². The molecule has 1 aliphatic rings. The van der Waals surface area contributed by atoms with Crippen LogP contribution in [0.25, 0.3) is 0 Å². The molecule has 1 aliphatic carbocycles. The number of rotatable bonds is 8. The molecule has 0 aromatic carbocycles. The van der Waals surface area contributed by atoms with Crippen LogP contribution in [0.2, 0.25) is 0 Å². The molecule has 0 amide bonds. The fourth-order valence-electron chi connectivity index (χ4n) is 2.65. The third kappa shape index (κ3) is 4.55. The molecule has 0 spiro atoms. The molecule has 0 bridgehead atoms. The minimum atomic E-state index is 0.858. The lowest BCUT2D eigenvalue weighted by molar-refractivity contribution is 0.196. The van der Waals surface area contributed by atoms with E-state index < -0.39 is 0 Å². The Kier molecular flexibility index (Phi) is 6.31. The van der Waals surface area contributed by atoms with Gasteiger partial charge in [0.05, 0.1) is 0 Å². The summed E-state index contributed by atoms with van der Waals surface area (Å²) in [5.74, 6) is 2.03. The van der Waals surface area contributed by atoms with Gasteiger partial charge in [0, 0.05) is 6.04 Å². The van der Waals surface area contributed by atoms with Gasteiger partial charge in [0.1, 0.15) is 0 Å². The molecule has 1 nitrogen and oxygen atoms in total. The van der Waals surface area contributed by atoms with Crippen molar-refractivity contribution in [2.24, 2.45) is 11.8 Å². The number of hydrogen-bond donors (Lipinski definition) is 1. The highest BCUT2D eigenvalue weighted by molar-refractivity contribution is 4.85. The standard InChI is InChI=1S/C14H29N/c1-4-9-15-14-10-13(11-14)8-7-12(5-2)6-3/h12-15H,4-11H2,1-3H3. The van der Waals surface area contributed by atoms with Crippen LogP contribution in [0, 0.1) is 11.8 Å². The summed E-state index contributed by atoms with van der Waals surface area (Å²) in [7, 11) is 0. The fourth-order valence-corrected chi connectivity index (χ4v) is 2.65. The third-order valence-electron chi connectivity index (χ3n) is 4.06. The van der Waals surface area contributed by atoms with Gasteiger partial charge in [0.2, 0.25) is 0 Å². The Morgan fingerprint density at radius 2 is 1.80 bits per heavy atom. The van der Waals surface area contributed by atoms with E-state index in [2.05, 4.69) is 26.1 Å². The molecule has 0 aliphatic heterocycles. The lowest BCUT2D eigenvalue weighted by Gasteiger charge is -2.36. The predicted octanol–water partition coefficient (Wildman–Crippen LogP) is 3.98. The first-order valence-electron chi connectivity index (χ1n) is 7.03. The largest absolute Gasteiger partial charge is 0.314 e. The van der Waals surface area contributed by atoms with Crippen molar-refractivity contribution in [3.05, 3.63) is 0 Å². The molecule has 1 saturated carbocycles. The Morgan fingerprint density at radius 3 is 2.33 bits per heavy atom. The van der Waals surface area contributed by atoms with Crippen LogP contribution in [-0.2, 0) is 0 Å². The van der Waals surface area contributed by atoms with E-state index >= 15 is 0 Å². The van der Waals surface area contributed by atoms with Crippen LogP contribution in [0.1, 0.15) is 65.7 Å². The van der Waals surface area contributed by atoms with Crippen LogP contribution in [0.3, 0.4) is 0 Å². The molecule has 1 fully saturated rings. The minimum Gasteiger partial charge on any atom is -0.314 e. The van der Waals surface area contributed by atoms with E-state index in [1.807, 2.05) is 0 Å². The Morgan fingerprint density at radius 1 is 1.13 bits per heavy atom. The molecule has 0 heterocycles. The molecule has 1 heteroatoms. The monoisotopic (exact) mass is 211 g/mol. The highest BCUT2D eigenvalue weighted by Crippen LogP contribution is 2.33. The Bertz CT molecular complexity index is 145. The van der Waals surface area contributed by atoms with Crippen molar-refractivity contribution in [1.29, 1.82) is 0 Å². The Balaban J connectivity index is 1.97. The van der Waals surface area contributed by atoms with E-state index in [1.54, 1.807) is 0 Å². The van der Waals surface area contributed by atoms with Gasteiger partial charge in [-0.2, -0.15) is 0 Å². The predicted molar refractivity (Wildman–Crippen MR) is 68.1 cm³/mol. The first-order valence-corrected chi connectivity index (χ1v) is 7.03. The van der Waals surface area contributed by atoms with Gasteiger partial charge in [-0.25, -0.2) is 0 Å². The first kappa shape index (κ1) is 13.0. The van der Waals surface area contributed by atoms with Crippen molar-refractivity contribution in [2.45, 2.75) is 71.8 Å². The van der Waals surface area contributed by atoms with E-state index in [9.17, 15) is 0 Å². The van der Waals surface area contributed by atoms with E-state index in [1.165, 1.54) is 51.5 Å². The number of nitrogens with one attached hydrogen (secondary N) is 1. The SMILES string of the molecule is CCCNC1CC(CCC(CC)CC)C1. The van der Waals surface area contributed by atoms with Gasteiger partial charge in [-0.05, 0) is 37.6 Å². The van der Waals surface area contributed by atoms with Gasteiger partial charge in [-0.1, -0.05) is 46.5 Å². The van der Waals surface area contributed by atoms with Crippen molar-refractivity contribution in [3.63, 3.8) is 0 Å².